The molecule has 5 nitrogen and oxygen atoms in total. The van der Waals surface area contributed by atoms with Crippen molar-refractivity contribution in [2.24, 2.45) is 0 Å². The van der Waals surface area contributed by atoms with Crippen LogP contribution in [0, 0.1) is 0 Å². The molecule has 2 aromatic heterocycles. The topological polar surface area (TPSA) is 45.2 Å². The van der Waals surface area contributed by atoms with Crippen LogP contribution in [0.25, 0.3) is 10.3 Å². The first-order valence-corrected chi connectivity index (χ1v) is 9.48. The summed E-state index contributed by atoms with van der Waals surface area (Å²) in [5, 5.41) is 0. The first-order valence-electron chi connectivity index (χ1n) is 7.44. The Labute approximate surface area is 133 Å². The van der Waals surface area contributed by atoms with Crippen molar-refractivity contribution >= 4 is 39.3 Å². The maximum atomic E-state index is 4.55. The molecule has 114 valence electrons. The van der Waals surface area contributed by atoms with Gasteiger partial charge in [0.25, 0.3) is 0 Å². The monoisotopic (exact) mass is 323 g/mol. The van der Waals surface area contributed by atoms with E-state index in [1.807, 2.05) is 0 Å². The van der Waals surface area contributed by atoms with Crippen molar-refractivity contribution in [2.45, 2.75) is 24.1 Å². The lowest BCUT2D eigenvalue weighted by Crippen LogP contribution is -2.31. The number of anilines is 1. The van der Waals surface area contributed by atoms with E-state index in [2.05, 4.69) is 37.9 Å². The molecule has 0 spiro atoms. The van der Waals surface area contributed by atoms with Gasteiger partial charge in [-0.25, -0.2) is 15.0 Å². The molecule has 0 atom stereocenters. The summed E-state index contributed by atoms with van der Waals surface area (Å²) in [5.74, 6) is 1.07. The highest BCUT2D eigenvalue weighted by atomic mass is 32.2. The minimum atomic E-state index is 0.837. The molecule has 1 saturated heterocycles. The quantitative estimate of drug-likeness (QED) is 0.806. The Morgan fingerprint density at radius 1 is 1.24 bits per heavy atom. The van der Waals surface area contributed by atoms with Gasteiger partial charge in [-0.15, -0.1) is 11.3 Å². The second-order valence-electron chi connectivity index (χ2n) is 5.22. The van der Waals surface area contributed by atoms with Gasteiger partial charge in [-0.3, -0.25) is 0 Å². The van der Waals surface area contributed by atoms with Crippen LogP contribution in [0.5, 0.6) is 0 Å². The summed E-state index contributed by atoms with van der Waals surface area (Å²) in [5.41, 5.74) is 0.837. The number of aromatic nitrogens is 3. The average molecular weight is 323 g/mol. The zero-order valence-electron chi connectivity index (χ0n) is 12.6. The van der Waals surface area contributed by atoms with Gasteiger partial charge in [0.2, 0.25) is 0 Å². The van der Waals surface area contributed by atoms with Crippen molar-refractivity contribution in [1.29, 1.82) is 0 Å². The van der Waals surface area contributed by atoms with Gasteiger partial charge in [0.1, 0.15) is 11.0 Å². The standard InChI is InChI=1S/C14H21N5S2/c1-3-5-18-6-4-7-19(9-8-18)13-11-12(15-10-16-13)17-14(20-2)21-11/h10H,3-9H2,1-2H3. The molecule has 0 radical (unpaired) electrons. The van der Waals surface area contributed by atoms with Crippen molar-refractivity contribution < 1.29 is 0 Å². The van der Waals surface area contributed by atoms with E-state index in [4.69, 9.17) is 0 Å². The molecule has 3 heterocycles. The summed E-state index contributed by atoms with van der Waals surface area (Å²) in [6.07, 6.45) is 6.12. The van der Waals surface area contributed by atoms with Crippen LogP contribution in [0.15, 0.2) is 10.7 Å². The zero-order valence-corrected chi connectivity index (χ0v) is 14.2. The van der Waals surface area contributed by atoms with Crippen LogP contribution < -0.4 is 4.90 Å². The number of thioether (sulfide) groups is 1. The van der Waals surface area contributed by atoms with Gasteiger partial charge >= 0.3 is 0 Å². The Balaban J connectivity index is 1.84. The van der Waals surface area contributed by atoms with Crippen LogP contribution in [0.1, 0.15) is 19.8 Å². The van der Waals surface area contributed by atoms with Gasteiger partial charge in [0.15, 0.2) is 15.8 Å². The molecule has 0 saturated carbocycles. The van der Waals surface area contributed by atoms with Gasteiger partial charge in [0.05, 0.1) is 0 Å². The summed E-state index contributed by atoms with van der Waals surface area (Å²) in [6.45, 7) is 7.87. The number of fused-ring (bicyclic) bond motifs is 1. The lowest BCUT2D eigenvalue weighted by atomic mass is 10.3. The summed E-state index contributed by atoms with van der Waals surface area (Å²) in [7, 11) is 0. The Morgan fingerprint density at radius 2 is 2.14 bits per heavy atom. The fraction of sp³-hybridized carbons (Fsp3) is 0.643. The lowest BCUT2D eigenvalue weighted by molar-refractivity contribution is 0.294. The fourth-order valence-electron chi connectivity index (χ4n) is 2.76. The number of thiazole rings is 1. The Morgan fingerprint density at radius 3 is 2.95 bits per heavy atom. The molecule has 0 unspecified atom stereocenters. The van der Waals surface area contributed by atoms with E-state index in [0.29, 0.717) is 0 Å². The molecule has 1 aliphatic heterocycles. The molecular formula is C14H21N5S2. The molecule has 0 N–H and O–H groups in total. The van der Waals surface area contributed by atoms with E-state index < -0.39 is 0 Å². The molecule has 0 amide bonds. The molecule has 1 aliphatic rings. The molecule has 1 fully saturated rings. The van der Waals surface area contributed by atoms with E-state index >= 15 is 0 Å². The Kier molecular flexibility index (Phi) is 4.92. The van der Waals surface area contributed by atoms with Gasteiger partial charge in [-0.05, 0) is 32.2 Å². The summed E-state index contributed by atoms with van der Waals surface area (Å²) in [4.78, 5) is 18.4. The lowest BCUT2D eigenvalue weighted by Gasteiger charge is -2.22. The highest BCUT2D eigenvalue weighted by Crippen LogP contribution is 2.32. The molecule has 7 heteroatoms. The van der Waals surface area contributed by atoms with E-state index in [9.17, 15) is 0 Å². The van der Waals surface area contributed by atoms with Crippen molar-refractivity contribution in [3.63, 3.8) is 0 Å². The van der Waals surface area contributed by atoms with Crippen LogP contribution >= 0.6 is 23.1 Å². The molecule has 3 rings (SSSR count). The molecule has 21 heavy (non-hydrogen) atoms. The van der Waals surface area contributed by atoms with Gasteiger partial charge < -0.3 is 9.80 Å². The van der Waals surface area contributed by atoms with Gasteiger partial charge in [-0.1, -0.05) is 18.7 Å². The minimum absolute atomic E-state index is 0.837. The maximum absolute atomic E-state index is 4.55. The summed E-state index contributed by atoms with van der Waals surface area (Å²) in [6, 6.07) is 0. The maximum Gasteiger partial charge on any atom is 0.176 e. The number of rotatable bonds is 4. The van der Waals surface area contributed by atoms with Crippen molar-refractivity contribution in [2.75, 3.05) is 43.9 Å². The SMILES string of the molecule is CCCN1CCCN(c2ncnc3nc(SC)sc23)CC1. The third-order valence-electron chi connectivity index (χ3n) is 3.76. The third-order valence-corrected chi connectivity index (χ3v) is 5.78. The molecular weight excluding hydrogens is 302 g/mol. The summed E-state index contributed by atoms with van der Waals surface area (Å²) < 4.78 is 2.19. The molecule has 0 bridgehead atoms. The number of nitrogens with zero attached hydrogens (tertiary/aromatic N) is 5. The second-order valence-corrected chi connectivity index (χ2v) is 7.27. The van der Waals surface area contributed by atoms with E-state index in [-0.39, 0.29) is 0 Å². The van der Waals surface area contributed by atoms with Crippen LogP contribution in [0.2, 0.25) is 0 Å². The largest absolute Gasteiger partial charge is 0.354 e. The van der Waals surface area contributed by atoms with Gasteiger partial charge in [0, 0.05) is 19.6 Å². The second kappa shape index (κ2) is 6.89. The highest BCUT2D eigenvalue weighted by molar-refractivity contribution is 8.00. The van der Waals surface area contributed by atoms with Crippen molar-refractivity contribution in [1.82, 2.24) is 19.9 Å². The predicted molar refractivity (Wildman–Crippen MR) is 90.6 cm³/mol. The van der Waals surface area contributed by atoms with E-state index in [0.717, 1.165) is 40.1 Å². The third kappa shape index (κ3) is 3.30. The predicted octanol–water partition coefficient (Wildman–Crippen LogP) is 2.73. The van der Waals surface area contributed by atoms with Crippen LogP contribution in [-0.4, -0.2) is 58.8 Å². The zero-order chi connectivity index (χ0) is 14.7. The normalized spacial score (nSPS) is 17.3. The first kappa shape index (κ1) is 15.0. The smallest absolute Gasteiger partial charge is 0.176 e. The van der Waals surface area contributed by atoms with Crippen molar-refractivity contribution in [3.05, 3.63) is 6.33 Å². The van der Waals surface area contributed by atoms with Gasteiger partial charge in [-0.2, -0.15) is 0 Å². The molecule has 0 aromatic carbocycles. The highest BCUT2D eigenvalue weighted by Gasteiger charge is 2.19. The van der Waals surface area contributed by atoms with Crippen LogP contribution in [0.3, 0.4) is 0 Å². The van der Waals surface area contributed by atoms with Crippen LogP contribution in [-0.2, 0) is 0 Å². The fourth-order valence-corrected chi connectivity index (χ4v) is 4.29. The van der Waals surface area contributed by atoms with Crippen molar-refractivity contribution in [3.8, 4) is 0 Å². The number of hydrogen-bond acceptors (Lipinski definition) is 7. The van der Waals surface area contributed by atoms with E-state index in [1.54, 1.807) is 29.4 Å². The average Bonchev–Trinajstić information content (AvgIpc) is 2.80. The molecule has 2 aromatic rings. The molecule has 0 aliphatic carbocycles. The minimum Gasteiger partial charge on any atom is -0.354 e. The summed E-state index contributed by atoms with van der Waals surface area (Å²) >= 11 is 3.38. The van der Waals surface area contributed by atoms with E-state index in [1.165, 1.54) is 25.9 Å². The number of hydrogen-bond donors (Lipinski definition) is 0. The Bertz CT molecular complexity index is 600. The van der Waals surface area contributed by atoms with Crippen LogP contribution in [0.4, 0.5) is 5.82 Å². The Hall–Kier alpha value is -0.920. The first-order chi connectivity index (χ1) is 10.3.